The Morgan fingerprint density at radius 3 is 2.53 bits per heavy atom. The van der Waals surface area contributed by atoms with Crippen molar-refractivity contribution in [1.82, 2.24) is 14.9 Å². The van der Waals surface area contributed by atoms with Crippen LogP contribution in [0, 0.1) is 6.92 Å². The molecule has 0 aliphatic carbocycles. The highest BCUT2D eigenvalue weighted by molar-refractivity contribution is 7.15. The van der Waals surface area contributed by atoms with Crippen LogP contribution in [0.2, 0.25) is 0 Å². The zero-order valence-corrected chi connectivity index (χ0v) is 12.7. The first-order valence-corrected chi connectivity index (χ1v) is 7.10. The summed E-state index contributed by atoms with van der Waals surface area (Å²) in [6.07, 6.45) is 1.84. The highest BCUT2D eigenvalue weighted by atomic mass is 32.1. The number of aryl methyl sites for hydroxylation is 1. The van der Waals surface area contributed by atoms with Crippen LogP contribution >= 0.6 is 11.3 Å². The first kappa shape index (κ1) is 14.0. The van der Waals surface area contributed by atoms with Crippen molar-refractivity contribution in [2.75, 3.05) is 26.0 Å². The summed E-state index contributed by atoms with van der Waals surface area (Å²) in [5, 5.41) is 1.07. The minimum atomic E-state index is 0.857. The van der Waals surface area contributed by atoms with E-state index in [0.717, 1.165) is 29.6 Å². The molecule has 2 aromatic heterocycles. The summed E-state index contributed by atoms with van der Waals surface area (Å²) in [7, 11) is 6.17. The van der Waals surface area contributed by atoms with E-state index in [1.807, 2.05) is 32.4 Å². The minimum Gasteiger partial charge on any atom is -0.354 e. The number of aromatic nitrogens is 2. The molecule has 19 heavy (non-hydrogen) atoms. The molecular formula is C14H20N4S. The van der Waals surface area contributed by atoms with Crippen LogP contribution in [0.5, 0.6) is 0 Å². The van der Waals surface area contributed by atoms with Crippen LogP contribution in [0.4, 0.5) is 5.13 Å². The Balaban J connectivity index is 2.01. The molecule has 2 rings (SSSR count). The third-order valence-corrected chi connectivity index (χ3v) is 4.15. The zero-order chi connectivity index (χ0) is 13.8. The van der Waals surface area contributed by atoms with Crippen molar-refractivity contribution in [1.29, 1.82) is 0 Å². The molecule has 0 radical (unpaired) electrons. The van der Waals surface area contributed by atoms with Crippen molar-refractivity contribution in [2.24, 2.45) is 0 Å². The van der Waals surface area contributed by atoms with Crippen LogP contribution < -0.4 is 4.90 Å². The second-order valence-corrected chi connectivity index (χ2v) is 5.95. The summed E-state index contributed by atoms with van der Waals surface area (Å²) in [4.78, 5) is 14.6. The van der Waals surface area contributed by atoms with Gasteiger partial charge in [0.25, 0.3) is 0 Å². The number of hydrogen-bond donors (Lipinski definition) is 0. The van der Waals surface area contributed by atoms with Gasteiger partial charge in [-0.2, -0.15) is 0 Å². The van der Waals surface area contributed by atoms with E-state index in [2.05, 4.69) is 39.8 Å². The van der Waals surface area contributed by atoms with E-state index < -0.39 is 0 Å². The maximum atomic E-state index is 4.57. The Morgan fingerprint density at radius 2 is 1.95 bits per heavy atom. The van der Waals surface area contributed by atoms with Crippen LogP contribution in [0.25, 0.3) is 0 Å². The van der Waals surface area contributed by atoms with Gasteiger partial charge < -0.3 is 4.90 Å². The second-order valence-electron chi connectivity index (χ2n) is 4.89. The summed E-state index contributed by atoms with van der Waals surface area (Å²) in [5.74, 6) is 0. The van der Waals surface area contributed by atoms with Gasteiger partial charge in [0.05, 0.1) is 11.4 Å². The Labute approximate surface area is 118 Å². The lowest BCUT2D eigenvalue weighted by Crippen LogP contribution is -2.17. The monoisotopic (exact) mass is 276 g/mol. The van der Waals surface area contributed by atoms with Crippen LogP contribution in [-0.4, -0.2) is 36.0 Å². The van der Waals surface area contributed by atoms with Gasteiger partial charge >= 0.3 is 0 Å². The van der Waals surface area contributed by atoms with Crippen LogP contribution in [0.15, 0.2) is 24.4 Å². The molecule has 102 valence electrons. The maximum Gasteiger partial charge on any atom is 0.185 e. The molecule has 0 aliphatic rings. The van der Waals surface area contributed by atoms with Crippen molar-refractivity contribution in [3.63, 3.8) is 0 Å². The molecule has 0 unspecified atom stereocenters. The van der Waals surface area contributed by atoms with E-state index >= 15 is 0 Å². The molecular weight excluding hydrogens is 256 g/mol. The van der Waals surface area contributed by atoms with Gasteiger partial charge in [-0.3, -0.25) is 9.88 Å². The molecule has 0 N–H and O–H groups in total. The predicted octanol–water partition coefficient (Wildman–Crippen LogP) is 2.54. The average Bonchev–Trinajstić information content (AvgIpc) is 2.72. The van der Waals surface area contributed by atoms with E-state index in [4.69, 9.17) is 0 Å². The minimum absolute atomic E-state index is 0.857. The van der Waals surface area contributed by atoms with Crippen LogP contribution in [-0.2, 0) is 13.1 Å². The lowest BCUT2D eigenvalue weighted by Gasteiger charge is -2.15. The smallest absolute Gasteiger partial charge is 0.185 e. The topological polar surface area (TPSA) is 32.3 Å². The normalized spacial score (nSPS) is 11.0. The van der Waals surface area contributed by atoms with E-state index in [1.165, 1.54) is 4.88 Å². The standard InChI is InChI=1S/C14H20N4S/c1-11-13(19-14(16-11)17(2)3)10-18(4)9-12-7-5-6-8-15-12/h5-8H,9-10H2,1-4H3. The molecule has 0 aromatic carbocycles. The Bertz CT molecular complexity index is 521. The molecule has 0 saturated carbocycles. The van der Waals surface area contributed by atoms with Gasteiger partial charge in [0, 0.05) is 38.3 Å². The van der Waals surface area contributed by atoms with Crippen molar-refractivity contribution >= 4 is 16.5 Å². The van der Waals surface area contributed by atoms with Crippen molar-refractivity contribution < 1.29 is 0 Å². The van der Waals surface area contributed by atoms with Gasteiger partial charge in [-0.05, 0) is 26.1 Å². The number of anilines is 1. The van der Waals surface area contributed by atoms with E-state index in [-0.39, 0.29) is 0 Å². The number of hydrogen-bond acceptors (Lipinski definition) is 5. The average molecular weight is 276 g/mol. The number of rotatable bonds is 5. The molecule has 0 aliphatic heterocycles. The molecule has 2 heterocycles. The summed E-state index contributed by atoms with van der Waals surface area (Å²) in [6, 6.07) is 6.03. The quantitative estimate of drug-likeness (QED) is 0.840. The molecule has 2 aromatic rings. The van der Waals surface area contributed by atoms with Gasteiger partial charge in [-0.1, -0.05) is 6.07 Å². The fourth-order valence-corrected chi connectivity index (χ4v) is 2.88. The van der Waals surface area contributed by atoms with Gasteiger partial charge in [0.15, 0.2) is 5.13 Å². The molecule has 0 saturated heterocycles. The summed E-state index contributed by atoms with van der Waals surface area (Å²) in [6.45, 7) is 3.84. The van der Waals surface area contributed by atoms with Gasteiger partial charge in [-0.15, -0.1) is 11.3 Å². The van der Waals surface area contributed by atoms with Crippen molar-refractivity contribution in [2.45, 2.75) is 20.0 Å². The summed E-state index contributed by atoms with van der Waals surface area (Å²) >= 11 is 1.76. The lowest BCUT2D eigenvalue weighted by molar-refractivity contribution is 0.317. The second kappa shape index (κ2) is 6.12. The van der Waals surface area contributed by atoms with Gasteiger partial charge in [0.1, 0.15) is 0 Å². The third kappa shape index (κ3) is 3.75. The first-order chi connectivity index (χ1) is 9.06. The third-order valence-electron chi connectivity index (χ3n) is 2.84. The van der Waals surface area contributed by atoms with Crippen molar-refractivity contribution in [3.05, 3.63) is 40.7 Å². The van der Waals surface area contributed by atoms with Gasteiger partial charge in [0.2, 0.25) is 0 Å². The summed E-state index contributed by atoms with van der Waals surface area (Å²) in [5.41, 5.74) is 2.22. The molecule has 4 nitrogen and oxygen atoms in total. The fourth-order valence-electron chi connectivity index (χ4n) is 1.82. The van der Waals surface area contributed by atoms with Gasteiger partial charge in [-0.25, -0.2) is 4.98 Å². The largest absolute Gasteiger partial charge is 0.354 e. The molecule has 0 amide bonds. The maximum absolute atomic E-state index is 4.57. The van der Waals surface area contributed by atoms with Crippen molar-refractivity contribution in [3.8, 4) is 0 Å². The predicted molar refractivity (Wildman–Crippen MR) is 80.6 cm³/mol. The first-order valence-electron chi connectivity index (χ1n) is 6.28. The molecule has 0 fully saturated rings. The molecule has 0 spiro atoms. The zero-order valence-electron chi connectivity index (χ0n) is 11.9. The SMILES string of the molecule is Cc1nc(N(C)C)sc1CN(C)Cc1ccccn1. The van der Waals surface area contributed by atoms with E-state index in [9.17, 15) is 0 Å². The Kier molecular flexibility index (Phi) is 4.50. The number of thiazole rings is 1. The fraction of sp³-hybridized carbons (Fsp3) is 0.429. The van der Waals surface area contributed by atoms with Crippen LogP contribution in [0.1, 0.15) is 16.3 Å². The Morgan fingerprint density at radius 1 is 1.16 bits per heavy atom. The lowest BCUT2D eigenvalue weighted by atomic mass is 10.3. The highest BCUT2D eigenvalue weighted by Gasteiger charge is 2.11. The van der Waals surface area contributed by atoms with E-state index in [0.29, 0.717) is 0 Å². The van der Waals surface area contributed by atoms with Crippen LogP contribution in [0.3, 0.4) is 0 Å². The number of pyridine rings is 1. The molecule has 0 atom stereocenters. The molecule has 0 bridgehead atoms. The Hall–Kier alpha value is -1.46. The van der Waals surface area contributed by atoms with E-state index in [1.54, 1.807) is 11.3 Å². The molecule has 5 heteroatoms. The summed E-state index contributed by atoms with van der Waals surface area (Å²) < 4.78 is 0. The highest BCUT2D eigenvalue weighted by Crippen LogP contribution is 2.25. The number of nitrogens with zero attached hydrogens (tertiary/aromatic N) is 4.